The first kappa shape index (κ1) is 20.0. The summed E-state index contributed by atoms with van der Waals surface area (Å²) in [7, 11) is 1.83. The summed E-state index contributed by atoms with van der Waals surface area (Å²) in [4.78, 5) is 44.3. The zero-order chi connectivity index (χ0) is 22.5. The molecule has 160 valence electrons. The standard InChI is InChI=1S/C24H20N4O4/c1-27-14-18(16-5-4-6-17(13-16)28(31)32)21(22(29)15-9-11-25-12-10-15)24(27)19-7-2-3-8-20(19)26-23(24)30/h2-13,18,21H,14H2,1H3,(H,26,30)/t18-,21?,24-/m1/s1. The van der Waals surface area contributed by atoms with Crippen LogP contribution in [0.1, 0.15) is 27.4 Å². The van der Waals surface area contributed by atoms with E-state index in [9.17, 15) is 19.7 Å². The van der Waals surface area contributed by atoms with Crippen molar-refractivity contribution >= 4 is 23.1 Å². The molecule has 1 aromatic heterocycles. The fourth-order valence-corrected chi connectivity index (χ4v) is 5.26. The molecule has 1 amide bonds. The Hall–Kier alpha value is -3.91. The minimum absolute atomic E-state index is 0.0440. The number of hydrogen-bond acceptors (Lipinski definition) is 6. The van der Waals surface area contributed by atoms with Crippen LogP contribution in [-0.4, -0.2) is 40.1 Å². The Kier molecular flexibility index (Phi) is 4.60. The zero-order valence-corrected chi connectivity index (χ0v) is 17.3. The highest BCUT2D eigenvalue weighted by molar-refractivity contribution is 6.12. The van der Waals surface area contributed by atoms with E-state index in [2.05, 4.69) is 10.3 Å². The predicted molar refractivity (Wildman–Crippen MR) is 117 cm³/mol. The number of para-hydroxylation sites is 1. The number of carbonyl (C=O) groups excluding carboxylic acids is 2. The Balaban J connectivity index is 1.73. The van der Waals surface area contributed by atoms with Gasteiger partial charge in [0, 0.05) is 53.8 Å². The molecular formula is C24H20N4O4. The molecule has 2 aliphatic rings. The van der Waals surface area contributed by atoms with Gasteiger partial charge in [0.1, 0.15) is 5.54 Å². The first-order chi connectivity index (χ1) is 15.4. The van der Waals surface area contributed by atoms with Gasteiger partial charge >= 0.3 is 0 Å². The number of amides is 1. The van der Waals surface area contributed by atoms with Gasteiger partial charge in [-0.15, -0.1) is 0 Å². The van der Waals surface area contributed by atoms with Crippen molar-refractivity contribution in [1.82, 2.24) is 9.88 Å². The van der Waals surface area contributed by atoms with Gasteiger partial charge in [-0.2, -0.15) is 0 Å². The Morgan fingerprint density at radius 3 is 2.66 bits per heavy atom. The second kappa shape index (κ2) is 7.35. The number of nitro groups is 1. The Bertz CT molecular complexity index is 1250. The third-order valence-electron chi connectivity index (χ3n) is 6.61. The van der Waals surface area contributed by atoms with Crippen molar-refractivity contribution in [3.63, 3.8) is 0 Å². The maximum absolute atomic E-state index is 13.9. The Labute approximate surface area is 184 Å². The van der Waals surface area contributed by atoms with Gasteiger partial charge in [-0.3, -0.25) is 29.6 Å². The van der Waals surface area contributed by atoms with E-state index in [1.807, 2.05) is 36.2 Å². The van der Waals surface area contributed by atoms with Crippen LogP contribution in [0.4, 0.5) is 11.4 Å². The molecule has 5 rings (SSSR count). The molecule has 2 aliphatic heterocycles. The Morgan fingerprint density at radius 1 is 1.16 bits per heavy atom. The summed E-state index contributed by atoms with van der Waals surface area (Å²) >= 11 is 0. The molecule has 1 fully saturated rings. The number of pyridine rings is 1. The average molecular weight is 428 g/mol. The lowest BCUT2D eigenvalue weighted by Crippen LogP contribution is -2.51. The molecule has 3 atom stereocenters. The van der Waals surface area contributed by atoms with Crippen molar-refractivity contribution in [2.45, 2.75) is 11.5 Å². The molecule has 0 saturated carbocycles. The van der Waals surface area contributed by atoms with Crippen LogP contribution in [0.15, 0.2) is 73.1 Å². The van der Waals surface area contributed by atoms with Gasteiger partial charge in [0.05, 0.1) is 10.8 Å². The summed E-state index contributed by atoms with van der Waals surface area (Å²) in [6.07, 6.45) is 3.09. The van der Waals surface area contributed by atoms with Crippen molar-refractivity contribution < 1.29 is 14.5 Å². The molecule has 1 unspecified atom stereocenters. The molecule has 0 aliphatic carbocycles. The first-order valence-electron chi connectivity index (χ1n) is 10.3. The van der Waals surface area contributed by atoms with Gasteiger partial charge in [-0.05, 0) is 30.8 Å². The summed E-state index contributed by atoms with van der Waals surface area (Å²) in [6.45, 7) is 0.393. The minimum atomic E-state index is -1.22. The van der Waals surface area contributed by atoms with E-state index in [0.717, 1.165) is 5.56 Å². The number of likely N-dealkylation sites (tertiary alicyclic amines) is 1. The number of nitrogens with one attached hydrogen (secondary N) is 1. The van der Waals surface area contributed by atoms with Crippen LogP contribution >= 0.6 is 0 Å². The van der Waals surface area contributed by atoms with Gasteiger partial charge in [0.25, 0.3) is 5.69 Å². The van der Waals surface area contributed by atoms with Gasteiger partial charge in [0.15, 0.2) is 5.78 Å². The lowest BCUT2D eigenvalue weighted by atomic mass is 9.70. The summed E-state index contributed by atoms with van der Waals surface area (Å²) < 4.78 is 0. The predicted octanol–water partition coefficient (Wildman–Crippen LogP) is 3.37. The smallest absolute Gasteiger partial charge is 0.269 e. The molecular weight excluding hydrogens is 408 g/mol. The number of ketones is 1. The number of hydrogen-bond donors (Lipinski definition) is 1. The number of aromatic nitrogens is 1. The minimum Gasteiger partial charge on any atom is -0.324 e. The molecule has 1 N–H and O–H groups in total. The third kappa shape index (κ3) is 2.76. The highest BCUT2D eigenvalue weighted by Crippen LogP contribution is 2.55. The van der Waals surface area contributed by atoms with Crippen LogP contribution in [0.5, 0.6) is 0 Å². The maximum atomic E-state index is 13.9. The summed E-state index contributed by atoms with van der Waals surface area (Å²) in [5.41, 5.74) is 1.27. The normalized spacial score (nSPS) is 24.3. The quantitative estimate of drug-likeness (QED) is 0.388. The van der Waals surface area contributed by atoms with Crippen LogP contribution in [0, 0.1) is 16.0 Å². The van der Waals surface area contributed by atoms with Crippen molar-refractivity contribution in [2.75, 3.05) is 18.9 Å². The van der Waals surface area contributed by atoms with Crippen molar-refractivity contribution in [3.8, 4) is 0 Å². The van der Waals surface area contributed by atoms with Crippen LogP contribution in [0.3, 0.4) is 0 Å². The number of nitro benzene ring substituents is 1. The van der Waals surface area contributed by atoms with Gasteiger partial charge in [-0.25, -0.2) is 0 Å². The van der Waals surface area contributed by atoms with Crippen LogP contribution in [0.25, 0.3) is 0 Å². The third-order valence-corrected chi connectivity index (χ3v) is 6.61. The molecule has 8 heteroatoms. The molecule has 1 saturated heterocycles. The lowest BCUT2D eigenvalue weighted by Gasteiger charge is -2.35. The molecule has 0 bridgehead atoms. The number of carbonyl (C=O) groups is 2. The number of Topliss-reactive ketones (excluding diaryl/α,β-unsaturated/α-hetero) is 1. The first-order valence-corrected chi connectivity index (χ1v) is 10.3. The fraction of sp³-hybridized carbons (Fsp3) is 0.208. The number of non-ortho nitro benzene ring substituents is 1. The molecule has 0 radical (unpaired) electrons. The molecule has 3 heterocycles. The fourth-order valence-electron chi connectivity index (χ4n) is 5.26. The second-order valence-corrected chi connectivity index (χ2v) is 8.18. The number of likely N-dealkylation sites (N-methyl/N-ethyl adjacent to an activating group) is 1. The zero-order valence-electron chi connectivity index (χ0n) is 17.3. The van der Waals surface area contributed by atoms with Crippen LogP contribution < -0.4 is 5.32 Å². The SMILES string of the molecule is CN1C[C@H](c2cccc([N+](=O)[O-])c2)C(C(=O)c2ccncc2)[C@]12C(=O)Nc1ccccc12. The molecule has 2 aromatic carbocycles. The molecule has 8 nitrogen and oxygen atoms in total. The van der Waals surface area contributed by atoms with E-state index in [4.69, 9.17) is 0 Å². The molecule has 32 heavy (non-hydrogen) atoms. The number of anilines is 1. The second-order valence-electron chi connectivity index (χ2n) is 8.18. The van der Waals surface area contributed by atoms with Gasteiger partial charge in [-0.1, -0.05) is 30.3 Å². The van der Waals surface area contributed by atoms with Gasteiger partial charge < -0.3 is 5.32 Å². The van der Waals surface area contributed by atoms with E-state index in [-0.39, 0.29) is 17.4 Å². The van der Waals surface area contributed by atoms with Crippen molar-refractivity contribution in [1.29, 1.82) is 0 Å². The number of rotatable bonds is 4. The van der Waals surface area contributed by atoms with E-state index < -0.39 is 22.3 Å². The van der Waals surface area contributed by atoms with Gasteiger partial charge in [0.2, 0.25) is 5.91 Å². The van der Waals surface area contributed by atoms with E-state index in [1.165, 1.54) is 12.1 Å². The maximum Gasteiger partial charge on any atom is 0.269 e. The van der Waals surface area contributed by atoms with E-state index >= 15 is 0 Å². The number of benzene rings is 2. The average Bonchev–Trinajstić information content (AvgIpc) is 3.29. The highest BCUT2D eigenvalue weighted by Gasteiger charge is 2.64. The summed E-state index contributed by atoms with van der Waals surface area (Å²) in [6, 6.07) is 17.0. The van der Waals surface area contributed by atoms with Crippen LogP contribution in [0.2, 0.25) is 0 Å². The topological polar surface area (TPSA) is 105 Å². The highest BCUT2D eigenvalue weighted by atomic mass is 16.6. The Morgan fingerprint density at radius 2 is 1.91 bits per heavy atom. The van der Waals surface area contributed by atoms with Crippen LogP contribution in [-0.2, 0) is 10.3 Å². The number of fused-ring (bicyclic) bond motifs is 2. The molecule has 1 spiro atoms. The summed E-state index contributed by atoms with van der Waals surface area (Å²) in [5.74, 6) is -1.65. The summed E-state index contributed by atoms with van der Waals surface area (Å²) in [5, 5.41) is 14.3. The van der Waals surface area contributed by atoms with Crippen molar-refractivity contribution in [2.24, 2.45) is 5.92 Å². The number of nitrogens with zero attached hydrogens (tertiary/aromatic N) is 3. The largest absolute Gasteiger partial charge is 0.324 e. The monoisotopic (exact) mass is 428 g/mol. The lowest BCUT2D eigenvalue weighted by molar-refractivity contribution is -0.384. The molecule has 3 aromatic rings. The van der Waals surface area contributed by atoms with E-state index in [0.29, 0.717) is 23.4 Å². The van der Waals surface area contributed by atoms with E-state index in [1.54, 1.807) is 36.7 Å². The van der Waals surface area contributed by atoms with Crippen molar-refractivity contribution in [3.05, 3.63) is 99.9 Å².